The maximum atomic E-state index is 2.97. The van der Waals surface area contributed by atoms with E-state index < -0.39 is 0 Å². The van der Waals surface area contributed by atoms with Crippen LogP contribution in [0.15, 0.2) is 285 Å². The van der Waals surface area contributed by atoms with Gasteiger partial charge in [-0.15, -0.1) is 0 Å². The molecular weight excluding hydrogens is 951 g/mol. The Balaban J connectivity index is 1.05. The molecule has 13 rings (SSSR count). The number of hydrogen-bond acceptors (Lipinski definition) is 4. The average molecular weight is 1000 g/mol. The van der Waals surface area contributed by atoms with Gasteiger partial charge in [-0.2, -0.15) is 0 Å². The normalized spacial score (nSPS) is 12.6. The van der Waals surface area contributed by atoms with E-state index in [1.165, 1.54) is 48.9 Å². The summed E-state index contributed by atoms with van der Waals surface area (Å²) in [6.07, 6.45) is 0. The predicted octanol–water partition coefficient (Wildman–Crippen LogP) is 14.4. The summed E-state index contributed by atoms with van der Waals surface area (Å²) in [6, 6.07) is 104. The van der Waals surface area contributed by atoms with E-state index >= 15 is 0 Å². The zero-order valence-corrected chi connectivity index (χ0v) is 41.9. The number of benzene rings is 11. The molecule has 0 fully saturated rings. The van der Waals surface area contributed by atoms with E-state index in [4.69, 9.17) is 0 Å². The first-order valence-corrected chi connectivity index (χ1v) is 25.9. The summed E-state index contributed by atoms with van der Waals surface area (Å²) < 4.78 is 1.17. The van der Waals surface area contributed by atoms with Crippen LogP contribution in [0.5, 0.6) is 0 Å². The van der Waals surface area contributed by atoms with E-state index in [0.29, 0.717) is 0 Å². The zero-order valence-electron chi connectivity index (χ0n) is 40.0. The number of nitrogens with zero attached hydrogens (tertiary/aromatic N) is 4. The second-order valence-corrected chi connectivity index (χ2v) is 19.7. The van der Waals surface area contributed by atoms with E-state index in [-0.39, 0.29) is 12.6 Å². The average Bonchev–Trinajstić information content (AvgIpc) is 3.46. The number of anilines is 12. The van der Waals surface area contributed by atoms with E-state index in [9.17, 15) is 0 Å². The van der Waals surface area contributed by atoms with Gasteiger partial charge in [-0.25, -0.2) is 0 Å². The predicted molar refractivity (Wildman–Crippen MR) is 310 cm³/mol. The van der Waals surface area contributed by atoms with Crippen LogP contribution < -0.4 is 40.4 Å². The molecule has 4 nitrogen and oxygen atoms in total. The van der Waals surface area contributed by atoms with Crippen LogP contribution in [-0.2, 0) is 0 Å². The van der Waals surface area contributed by atoms with Crippen LogP contribution in [0, 0.1) is 0 Å². The number of rotatable bonds is 11. The fourth-order valence-electron chi connectivity index (χ4n) is 11.3. The van der Waals surface area contributed by atoms with Crippen molar-refractivity contribution in [3.8, 4) is 0 Å². The molecule has 2 aliphatic rings. The van der Waals surface area contributed by atoms with Gasteiger partial charge in [0.15, 0.2) is 0 Å². The quantitative estimate of drug-likeness (QED) is 0.0945. The van der Waals surface area contributed by atoms with E-state index in [1.54, 1.807) is 0 Å². The van der Waals surface area contributed by atoms with Gasteiger partial charge in [0.25, 0.3) is 0 Å². The fraction of sp³-hybridized carbons (Fsp3) is 0.0149. The molecular formula is C67H49BN4Se. The van der Waals surface area contributed by atoms with Crippen molar-refractivity contribution in [1.29, 1.82) is 0 Å². The Hall–Kier alpha value is -8.80. The molecule has 11 aromatic carbocycles. The maximum absolute atomic E-state index is 2.97. The molecule has 0 aliphatic carbocycles. The Morgan fingerprint density at radius 1 is 0.315 bits per heavy atom. The molecule has 2 aliphatic heterocycles. The van der Waals surface area contributed by atoms with Crippen molar-refractivity contribution < 1.29 is 0 Å². The molecule has 6 heteroatoms. The van der Waals surface area contributed by atoms with E-state index in [0.717, 1.165) is 56.9 Å². The molecule has 0 bridgehead atoms. The van der Waals surface area contributed by atoms with Crippen LogP contribution in [0.1, 0.15) is 22.6 Å². The third-order valence-electron chi connectivity index (χ3n) is 14.4. The summed E-state index contributed by atoms with van der Waals surface area (Å²) in [5.74, 6) is -0.0565. The Morgan fingerprint density at radius 2 is 0.699 bits per heavy atom. The van der Waals surface area contributed by atoms with Crippen molar-refractivity contribution in [1.82, 2.24) is 0 Å². The Labute approximate surface area is 436 Å². The van der Waals surface area contributed by atoms with Crippen LogP contribution in [0.2, 0.25) is 0 Å². The van der Waals surface area contributed by atoms with Crippen molar-refractivity contribution in [2.45, 2.75) is 5.92 Å². The SMILES string of the molecule is [SeH]c1cc2c(cc1C(c1ccccc1)c1ccc(N(c3ccccc3)c3ccccc3)cc1)B1c3ccccc3N(c3ccccc3)c3cc(N(c4ccccc4)c4ccccc4)cc(c31)N2c1ccccc1. The minimum absolute atomic E-state index is 0.0565. The van der Waals surface area contributed by atoms with Gasteiger partial charge in [-0.1, -0.05) is 0 Å². The van der Waals surface area contributed by atoms with Crippen LogP contribution in [0.3, 0.4) is 0 Å². The zero-order chi connectivity index (χ0) is 48.7. The van der Waals surface area contributed by atoms with Crippen molar-refractivity contribution >= 4 is 112 Å². The van der Waals surface area contributed by atoms with Crippen LogP contribution >= 0.6 is 0 Å². The molecule has 11 aromatic rings. The molecule has 0 N–H and O–H groups in total. The molecule has 0 spiro atoms. The first-order chi connectivity index (χ1) is 36.2. The molecule has 1 unspecified atom stereocenters. The number of hydrogen-bond donors (Lipinski definition) is 0. The van der Waals surface area contributed by atoms with Crippen LogP contribution in [0.4, 0.5) is 68.2 Å². The van der Waals surface area contributed by atoms with Crippen molar-refractivity contribution in [2.24, 2.45) is 0 Å². The van der Waals surface area contributed by atoms with Gasteiger partial charge in [0.2, 0.25) is 0 Å². The monoisotopic (exact) mass is 1000 g/mol. The molecule has 0 radical (unpaired) electrons. The van der Waals surface area contributed by atoms with Gasteiger partial charge < -0.3 is 0 Å². The van der Waals surface area contributed by atoms with E-state index in [2.05, 4.69) is 321 Å². The first-order valence-electron chi connectivity index (χ1n) is 25.0. The van der Waals surface area contributed by atoms with Crippen molar-refractivity contribution in [3.05, 3.63) is 302 Å². The third-order valence-corrected chi connectivity index (χ3v) is 15.2. The summed E-state index contributed by atoms with van der Waals surface area (Å²) in [6.45, 7) is -0.0805. The molecule has 1 atom stereocenters. The summed E-state index contributed by atoms with van der Waals surface area (Å²) in [5.41, 5.74) is 21.0. The van der Waals surface area contributed by atoms with Crippen molar-refractivity contribution in [3.63, 3.8) is 0 Å². The number of para-hydroxylation sites is 7. The molecule has 2 heterocycles. The van der Waals surface area contributed by atoms with Gasteiger partial charge in [0.1, 0.15) is 0 Å². The van der Waals surface area contributed by atoms with Gasteiger partial charge in [0.05, 0.1) is 0 Å². The van der Waals surface area contributed by atoms with Gasteiger partial charge in [-0.3, -0.25) is 0 Å². The molecule has 346 valence electrons. The first kappa shape index (κ1) is 44.2. The second kappa shape index (κ2) is 19.1. The van der Waals surface area contributed by atoms with Gasteiger partial charge >= 0.3 is 439 Å². The van der Waals surface area contributed by atoms with Gasteiger partial charge in [0, 0.05) is 0 Å². The second-order valence-electron chi connectivity index (χ2n) is 18.6. The minimum atomic E-state index is -0.0805. The molecule has 0 amide bonds. The standard InChI is InChI=1S/C67H49BN4Se/c73-65-47-62-60(46-58(65)66(48-24-8-1-9-25-48)49-40-42-56(43-41-49)69(50-26-10-2-11-27-50)51-28-12-3-13-29-51)68-59-38-22-23-39-61(59)71(54-34-18-6-19-35-54)63-44-57(45-64(67(63)68)72(62)55-36-20-7-21-37-55)70(52-30-14-4-15-31-52)53-32-16-5-17-33-53/h1-47,66,73H. The summed E-state index contributed by atoms with van der Waals surface area (Å²) in [4.78, 5) is 9.74. The Morgan fingerprint density at radius 3 is 1.19 bits per heavy atom. The summed E-state index contributed by atoms with van der Waals surface area (Å²) in [5, 5.41) is 0. The van der Waals surface area contributed by atoms with E-state index in [1.807, 2.05) is 0 Å². The molecule has 0 saturated carbocycles. The fourth-order valence-corrected chi connectivity index (χ4v) is 11.9. The Bertz CT molecular complexity index is 3620. The summed E-state index contributed by atoms with van der Waals surface area (Å²) in [7, 11) is 0. The topological polar surface area (TPSA) is 13.0 Å². The van der Waals surface area contributed by atoms with Gasteiger partial charge in [-0.05, 0) is 0 Å². The van der Waals surface area contributed by atoms with Crippen LogP contribution in [0.25, 0.3) is 0 Å². The van der Waals surface area contributed by atoms with Crippen LogP contribution in [-0.4, -0.2) is 22.7 Å². The summed E-state index contributed by atoms with van der Waals surface area (Å²) >= 11 is 2.97. The third kappa shape index (κ3) is 7.98. The molecule has 0 saturated heterocycles. The van der Waals surface area contributed by atoms with Crippen molar-refractivity contribution in [2.75, 3.05) is 19.6 Å². The molecule has 0 aromatic heterocycles. The molecule has 73 heavy (non-hydrogen) atoms. The Kier molecular flexibility index (Phi) is 11.5. The number of fused-ring (bicyclic) bond motifs is 4.